The Balaban J connectivity index is 1.32. The molecule has 2 amide bonds. The van der Waals surface area contributed by atoms with Gasteiger partial charge < -0.3 is 14.6 Å². The standard InChI is InChI=1S/C22H23N3O3S/c1-15-20(29-19(23-15)14-16-6-3-2-4-7-16)21(26)24-17-9-11-25(12-10-17)22(27)18-8-5-13-28-18/h2-8,13,17H,9-12,14H2,1H3,(H,24,26). The van der Waals surface area contributed by atoms with E-state index in [-0.39, 0.29) is 17.9 Å². The monoisotopic (exact) mass is 409 g/mol. The fourth-order valence-corrected chi connectivity index (χ4v) is 4.55. The number of amides is 2. The SMILES string of the molecule is Cc1nc(Cc2ccccc2)sc1C(=O)NC1CCN(C(=O)c2ccco2)CC1. The summed E-state index contributed by atoms with van der Waals surface area (Å²) in [5.41, 5.74) is 1.95. The molecule has 1 N–H and O–H groups in total. The Morgan fingerprint density at radius 2 is 1.93 bits per heavy atom. The van der Waals surface area contributed by atoms with Crippen molar-refractivity contribution < 1.29 is 14.0 Å². The lowest BCUT2D eigenvalue weighted by molar-refractivity contribution is 0.0667. The van der Waals surface area contributed by atoms with Gasteiger partial charge in [0.25, 0.3) is 11.8 Å². The first kappa shape index (κ1) is 19.4. The molecule has 1 fully saturated rings. The van der Waals surface area contributed by atoms with Crippen molar-refractivity contribution >= 4 is 23.2 Å². The molecular formula is C22H23N3O3S. The number of benzene rings is 1. The van der Waals surface area contributed by atoms with Crippen molar-refractivity contribution in [3.05, 3.63) is 75.6 Å². The molecule has 3 aromatic rings. The number of nitrogens with zero attached hydrogens (tertiary/aromatic N) is 2. The van der Waals surface area contributed by atoms with Crippen molar-refractivity contribution in [1.82, 2.24) is 15.2 Å². The highest BCUT2D eigenvalue weighted by Crippen LogP contribution is 2.22. The number of carbonyl (C=O) groups excluding carboxylic acids is 2. The molecule has 2 aromatic heterocycles. The molecule has 0 spiro atoms. The maximum absolute atomic E-state index is 12.8. The number of piperidine rings is 1. The van der Waals surface area contributed by atoms with Gasteiger partial charge in [0.2, 0.25) is 0 Å². The van der Waals surface area contributed by atoms with E-state index in [0.717, 1.165) is 30.0 Å². The number of hydrogen-bond acceptors (Lipinski definition) is 5. The third-order valence-corrected chi connectivity index (χ3v) is 6.25. The summed E-state index contributed by atoms with van der Waals surface area (Å²) in [6, 6.07) is 13.6. The van der Waals surface area contributed by atoms with Crippen LogP contribution in [-0.4, -0.2) is 40.8 Å². The van der Waals surface area contributed by atoms with Gasteiger partial charge in [-0.25, -0.2) is 4.98 Å². The number of likely N-dealkylation sites (tertiary alicyclic amines) is 1. The third kappa shape index (κ3) is 4.56. The minimum atomic E-state index is -0.0939. The van der Waals surface area contributed by atoms with Gasteiger partial charge in [0, 0.05) is 25.6 Å². The van der Waals surface area contributed by atoms with Crippen LogP contribution in [0, 0.1) is 6.92 Å². The highest BCUT2D eigenvalue weighted by atomic mass is 32.1. The van der Waals surface area contributed by atoms with Crippen molar-refractivity contribution in [3.63, 3.8) is 0 Å². The molecule has 7 heteroatoms. The van der Waals surface area contributed by atoms with Gasteiger partial charge in [-0.3, -0.25) is 9.59 Å². The number of thiazole rings is 1. The molecule has 4 rings (SSSR count). The Morgan fingerprint density at radius 3 is 2.62 bits per heavy atom. The second-order valence-corrected chi connectivity index (χ2v) is 8.29. The Labute approximate surface area is 173 Å². The van der Waals surface area contributed by atoms with Crippen LogP contribution in [0.2, 0.25) is 0 Å². The van der Waals surface area contributed by atoms with Gasteiger partial charge in [0.1, 0.15) is 4.88 Å². The highest BCUT2D eigenvalue weighted by molar-refractivity contribution is 7.13. The summed E-state index contributed by atoms with van der Waals surface area (Å²) in [4.78, 5) is 32.1. The first-order chi connectivity index (χ1) is 14.1. The second-order valence-electron chi connectivity index (χ2n) is 7.20. The second kappa shape index (κ2) is 8.61. The topological polar surface area (TPSA) is 75.4 Å². The number of hydrogen-bond donors (Lipinski definition) is 1. The number of furan rings is 1. The maximum atomic E-state index is 12.8. The number of rotatable bonds is 5. The van der Waals surface area contributed by atoms with E-state index in [2.05, 4.69) is 22.4 Å². The lowest BCUT2D eigenvalue weighted by Crippen LogP contribution is -2.46. The minimum Gasteiger partial charge on any atom is -0.459 e. The average Bonchev–Trinajstić information content (AvgIpc) is 3.39. The van der Waals surface area contributed by atoms with Gasteiger partial charge in [-0.15, -0.1) is 11.3 Å². The lowest BCUT2D eigenvalue weighted by Gasteiger charge is -2.31. The first-order valence-corrected chi connectivity index (χ1v) is 10.6. The molecule has 0 atom stereocenters. The molecule has 0 radical (unpaired) electrons. The van der Waals surface area contributed by atoms with Gasteiger partial charge >= 0.3 is 0 Å². The van der Waals surface area contributed by atoms with E-state index >= 15 is 0 Å². The molecule has 0 saturated carbocycles. The predicted molar refractivity (Wildman–Crippen MR) is 111 cm³/mol. The molecule has 1 aliphatic rings. The zero-order valence-electron chi connectivity index (χ0n) is 16.3. The summed E-state index contributed by atoms with van der Waals surface area (Å²) < 4.78 is 5.19. The van der Waals surface area contributed by atoms with Crippen LogP contribution in [-0.2, 0) is 6.42 Å². The Morgan fingerprint density at radius 1 is 1.17 bits per heavy atom. The Kier molecular flexibility index (Phi) is 5.76. The summed E-state index contributed by atoms with van der Waals surface area (Å²) in [7, 11) is 0. The van der Waals surface area contributed by atoms with Crippen molar-refractivity contribution in [3.8, 4) is 0 Å². The van der Waals surface area contributed by atoms with E-state index in [4.69, 9.17) is 4.42 Å². The maximum Gasteiger partial charge on any atom is 0.289 e. The zero-order valence-corrected chi connectivity index (χ0v) is 17.1. The Hall–Kier alpha value is -2.93. The Bertz CT molecular complexity index is 974. The van der Waals surface area contributed by atoms with E-state index in [1.807, 2.05) is 25.1 Å². The van der Waals surface area contributed by atoms with Crippen molar-refractivity contribution in [2.75, 3.05) is 13.1 Å². The van der Waals surface area contributed by atoms with Crippen LogP contribution in [0.1, 0.15) is 49.3 Å². The number of aryl methyl sites for hydroxylation is 1. The van der Waals surface area contributed by atoms with Crippen LogP contribution >= 0.6 is 11.3 Å². The van der Waals surface area contributed by atoms with Gasteiger partial charge in [-0.2, -0.15) is 0 Å². The van der Waals surface area contributed by atoms with Gasteiger partial charge in [-0.1, -0.05) is 30.3 Å². The zero-order chi connectivity index (χ0) is 20.2. The minimum absolute atomic E-state index is 0.0576. The van der Waals surface area contributed by atoms with Gasteiger partial charge in [-0.05, 0) is 37.5 Å². The molecule has 29 heavy (non-hydrogen) atoms. The lowest BCUT2D eigenvalue weighted by atomic mass is 10.0. The number of nitrogens with one attached hydrogen (secondary N) is 1. The first-order valence-electron chi connectivity index (χ1n) is 9.74. The largest absolute Gasteiger partial charge is 0.459 e. The third-order valence-electron chi connectivity index (χ3n) is 5.09. The fourth-order valence-electron chi connectivity index (χ4n) is 3.54. The van der Waals surface area contributed by atoms with Gasteiger partial charge in [0.15, 0.2) is 5.76 Å². The van der Waals surface area contributed by atoms with Crippen molar-refractivity contribution in [2.45, 2.75) is 32.2 Å². The van der Waals surface area contributed by atoms with Crippen LogP contribution in [0.3, 0.4) is 0 Å². The summed E-state index contributed by atoms with van der Waals surface area (Å²) in [6.45, 7) is 3.08. The summed E-state index contributed by atoms with van der Waals surface area (Å²) in [6.07, 6.45) is 3.69. The van der Waals surface area contributed by atoms with Crippen LogP contribution in [0.5, 0.6) is 0 Å². The van der Waals surface area contributed by atoms with Crippen LogP contribution in [0.15, 0.2) is 53.1 Å². The van der Waals surface area contributed by atoms with Crippen LogP contribution in [0.4, 0.5) is 0 Å². The molecule has 6 nitrogen and oxygen atoms in total. The molecule has 1 aromatic carbocycles. The molecule has 3 heterocycles. The average molecular weight is 410 g/mol. The molecule has 1 saturated heterocycles. The van der Waals surface area contributed by atoms with E-state index in [1.54, 1.807) is 17.0 Å². The molecule has 1 aliphatic heterocycles. The highest BCUT2D eigenvalue weighted by Gasteiger charge is 2.27. The van der Waals surface area contributed by atoms with Crippen LogP contribution in [0.25, 0.3) is 0 Å². The molecule has 150 valence electrons. The molecule has 0 aliphatic carbocycles. The smallest absolute Gasteiger partial charge is 0.289 e. The number of carbonyl (C=O) groups is 2. The van der Waals surface area contributed by atoms with E-state index in [1.165, 1.54) is 23.2 Å². The van der Waals surface area contributed by atoms with Crippen LogP contribution < -0.4 is 5.32 Å². The normalized spacial score (nSPS) is 14.7. The molecule has 0 unspecified atom stereocenters. The van der Waals surface area contributed by atoms with Crippen molar-refractivity contribution in [2.24, 2.45) is 0 Å². The molecular weight excluding hydrogens is 386 g/mol. The van der Waals surface area contributed by atoms with E-state index in [9.17, 15) is 9.59 Å². The molecule has 0 bridgehead atoms. The van der Waals surface area contributed by atoms with Crippen molar-refractivity contribution in [1.29, 1.82) is 0 Å². The number of aromatic nitrogens is 1. The van der Waals surface area contributed by atoms with Gasteiger partial charge in [0.05, 0.1) is 17.0 Å². The quantitative estimate of drug-likeness (QED) is 0.698. The van der Waals surface area contributed by atoms with E-state index < -0.39 is 0 Å². The predicted octanol–water partition coefficient (Wildman–Crippen LogP) is 3.67. The fraction of sp³-hybridized carbons (Fsp3) is 0.318. The summed E-state index contributed by atoms with van der Waals surface area (Å²) >= 11 is 1.45. The van der Waals surface area contributed by atoms with E-state index in [0.29, 0.717) is 23.7 Å². The summed E-state index contributed by atoms with van der Waals surface area (Å²) in [5, 5.41) is 4.06. The summed E-state index contributed by atoms with van der Waals surface area (Å²) in [5.74, 6) is 0.192.